The van der Waals surface area contributed by atoms with Crippen molar-refractivity contribution in [3.63, 3.8) is 0 Å². The SMILES string of the molecule is NC(=O)C1CCN(C(=O)c2nc[nH]c2C(=O)O)CC1. The lowest BCUT2D eigenvalue weighted by Crippen LogP contribution is -2.42. The number of carboxylic acids is 1. The number of H-pyrrole nitrogens is 1. The molecule has 0 spiro atoms. The fourth-order valence-corrected chi connectivity index (χ4v) is 2.14. The molecule has 0 atom stereocenters. The summed E-state index contributed by atoms with van der Waals surface area (Å²) in [4.78, 5) is 41.7. The second-order valence-corrected chi connectivity index (χ2v) is 4.40. The van der Waals surface area contributed by atoms with Crippen LogP contribution in [0.2, 0.25) is 0 Å². The number of carboxylic acid groups (broad SMARTS) is 1. The largest absolute Gasteiger partial charge is 0.477 e. The van der Waals surface area contributed by atoms with E-state index in [9.17, 15) is 14.4 Å². The number of primary amides is 1. The van der Waals surface area contributed by atoms with Crippen molar-refractivity contribution in [3.8, 4) is 0 Å². The molecular formula is C11H14N4O4. The van der Waals surface area contributed by atoms with Crippen LogP contribution < -0.4 is 5.73 Å². The average Bonchev–Trinajstić information content (AvgIpc) is 2.87. The van der Waals surface area contributed by atoms with E-state index < -0.39 is 11.9 Å². The second kappa shape index (κ2) is 5.09. The van der Waals surface area contributed by atoms with E-state index in [1.807, 2.05) is 0 Å². The maximum absolute atomic E-state index is 12.1. The zero-order chi connectivity index (χ0) is 14.0. The first kappa shape index (κ1) is 13.1. The summed E-state index contributed by atoms with van der Waals surface area (Å²) in [6.45, 7) is 0.747. The fourth-order valence-electron chi connectivity index (χ4n) is 2.14. The number of rotatable bonds is 3. The van der Waals surface area contributed by atoms with Crippen LogP contribution in [0.25, 0.3) is 0 Å². The number of aromatic carboxylic acids is 1. The number of likely N-dealkylation sites (tertiary alicyclic amines) is 1. The summed E-state index contributed by atoms with van der Waals surface area (Å²) in [5, 5.41) is 8.91. The highest BCUT2D eigenvalue weighted by atomic mass is 16.4. The monoisotopic (exact) mass is 266 g/mol. The Hall–Kier alpha value is -2.38. The average molecular weight is 266 g/mol. The molecule has 8 nitrogen and oxygen atoms in total. The Morgan fingerprint density at radius 2 is 2.00 bits per heavy atom. The summed E-state index contributed by atoms with van der Waals surface area (Å²) >= 11 is 0. The van der Waals surface area contributed by atoms with Crippen LogP contribution in [0.5, 0.6) is 0 Å². The van der Waals surface area contributed by atoms with Gasteiger partial charge in [0.25, 0.3) is 5.91 Å². The van der Waals surface area contributed by atoms with Gasteiger partial charge in [-0.15, -0.1) is 0 Å². The first-order valence-corrected chi connectivity index (χ1v) is 5.86. The van der Waals surface area contributed by atoms with Crippen molar-refractivity contribution >= 4 is 17.8 Å². The van der Waals surface area contributed by atoms with Crippen molar-refractivity contribution in [1.82, 2.24) is 14.9 Å². The van der Waals surface area contributed by atoms with E-state index in [1.54, 1.807) is 0 Å². The lowest BCUT2D eigenvalue weighted by Gasteiger charge is -2.30. The summed E-state index contributed by atoms with van der Waals surface area (Å²) in [7, 11) is 0. The minimum Gasteiger partial charge on any atom is -0.477 e. The molecule has 2 rings (SSSR count). The third kappa shape index (κ3) is 2.56. The van der Waals surface area contributed by atoms with Crippen molar-refractivity contribution in [2.75, 3.05) is 13.1 Å². The highest BCUT2D eigenvalue weighted by Crippen LogP contribution is 2.19. The number of aromatic nitrogens is 2. The molecule has 19 heavy (non-hydrogen) atoms. The number of amides is 2. The van der Waals surface area contributed by atoms with Crippen LogP contribution in [0.15, 0.2) is 6.33 Å². The highest BCUT2D eigenvalue weighted by Gasteiger charge is 2.29. The number of nitrogens with zero attached hydrogens (tertiary/aromatic N) is 2. The van der Waals surface area contributed by atoms with Gasteiger partial charge in [0.2, 0.25) is 5.91 Å². The molecule has 0 aromatic carbocycles. The molecule has 8 heteroatoms. The molecular weight excluding hydrogens is 252 g/mol. The zero-order valence-electron chi connectivity index (χ0n) is 10.1. The van der Waals surface area contributed by atoms with E-state index in [4.69, 9.17) is 10.8 Å². The van der Waals surface area contributed by atoms with Crippen LogP contribution in [0.1, 0.15) is 33.8 Å². The third-order valence-electron chi connectivity index (χ3n) is 3.24. The summed E-state index contributed by atoms with van der Waals surface area (Å²) < 4.78 is 0. The number of piperidine rings is 1. The first-order valence-electron chi connectivity index (χ1n) is 5.86. The molecule has 0 radical (unpaired) electrons. The van der Waals surface area contributed by atoms with Crippen LogP contribution in [0.4, 0.5) is 0 Å². The fraction of sp³-hybridized carbons (Fsp3) is 0.455. The Morgan fingerprint density at radius 3 is 2.53 bits per heavy atom. The van der Waals surface area contributed by atoms with Crippen molar-refractivity contribution < 1.29 is 19.5 Å². The summed E-state index contributed by atoms with van der Waals surface area (Å²) in [6, 6.07) is 0. The minimum atomic E-state index is -1.23. The predicted octanol–water partition coefficient (Wildman–Crippen LogP) is -0.555. The van der Waals surface area contributed by atoms with Crippen LogP contribution in [0, 0.1) is 5.92 Å². The van der Waals surface area contributed by atoms with Gasteiger partial charge in [0.15, 0.2) is 11.4 Å². The Labute approximate surface area is 108 Å². The molecule has 1 saturated heterocycles. The molecule has 1 aromatic rings. The smallest absolute Gasteiger partial charge is 0.354 e. The van der Waals surface area contributed by atoms with E-state index in [0.29, 0.717) is 25.9 Å². The molecule has 1 aromatic heterocycles. The van der Waals surface area contributed by atoms with Crippen LogP contribution in [-0.4, -0.2) is 50.8 Å². The topological polar surface area (TPSA) is 129 Å². The summed E-state index contributed by atoms with van der Waals surface area (Å²) in [5.41, 5.74) is 4.88. The number of carbonyl (C=O) groups is 3. The maximum atomic E-state index is 12.1. The molecule has 0 bridgehead atoms. The lowest BCUT2D eigenvalue weighted by molar-refractivity contribution is -0.123. The second-order valence-electron chi connectivity index (χ2n) is 4.40. The molecule has 0 unspecified atom stereocenters. The Kier molecular flexibility index (Phi) is 3.50. The third-order valence-corrected chi connectivity index (χ3v) is 3.24. The summed E-state index contributed by atoms with van der Waals surface area (Å²) in [6.07, 6.45) is 2.16. The van der Waals surface area contributed by atoms with Crippen molar-refractivity contribution in [3.05, 3.63) is 17.7 Å². The van der Waals surface area contributed by atoms with Gasteiger partial charge in [0.1, 0.15) is 0 Å². The van der Waals surface area contributed by atoms with Gasteiger partial charge in [0.05, 0.1) is 6.33 Å². The van der Waals surface area contributed by atoms with Crippen LogP contribution in [0.3, 0.4) is 0 Å². The Morgan fingerprint density at radius 1 is 1.37 bits per heavy atom. The highest BCUT2D eigenvalue weighted by molar-refractivity contribution is 6.02. The first-order chi connectivity index (χ1) is 9.00. The van der Waals surface area contributed by atoms with Crippen LogP contribution >= 0.6 is 0 Å². The standard InChI is InChI=1S/C11H14N4O4/c12-9(16)6-1-3-15(4-2-6)10(17)7-8(11(18)19)14-5-13-7/h5-6H,1-4H2,(H2,12,16)(H,13,14)(H,18,19). The molecule has 0 aliphatic carbocycles. The number of aromatic amines is 1. The van der Waals surface area contributed by atoms with Crippen molar-refractivity contribution in [2.45, 2.75) is 12.8 Å². The van der Waals surface area contributed by atoms with Gasteiger partial charge in [-0.1, -0.05) is 0 Å². The molecule has 0 saturated carbocycles. The van der Waals surface area contributed by atoms with E-state index in [-0.39, 0.29) is 23.2 Å². The molecule has 2 amide bonds. The Bertz CT molecular complexity index is 517. The van der Waals surface area contributed by atoms with E-state index in [2.05, 4.69) is 9.97 Å². The lowest BCUT2D eigenvalue weighted by atomic mass is 9.96. The zero-order valence-corrected chi connectivity index (χ0v) is 10.1. The number of hydrogen-bond donors (Lipinski definition) is 3. The van der Waals surface area contributed by atoms with Gasteiger partial charge in [-0.05, 0) is 12.8 Å². The number of hydrogen-bond acceptors (Lipinski definition) is 4. The molecule has 1 aliphatic rings. The van der Waals surface area contributed by atoms with Crippen LogP contribution in [-0.2, 0) is 4.79 Å². The summed E-state index contributed by atoms with van der Waals surface area (Å²) in [5.74, 6) is -2.25. The number of carbonyl (C=O) groups excluding carboxylic acids is 2. The molecule has 2 heterocycles. The van der Waals surface area contributed by atoms with Gasteiger partial charge in [-0.3, -0.25) is 9.59 Å². The van der Waals surface area contributed by atoms with Crippen molar-refractivity contribution in [2.24, 2.45) is 11.7 Å². The Balaban J connectivity index is 2.07. The van der Waals surface area contributed by atoms with Gasteiger partial charge >= 0.3 is 5.97 Å². The van der Waals surface area contributed by atoms with Gasteiger partial charge in [0, 0.05) is 19.0 Å². The predicted molar refractivity (Wildman–Crippen MR) is 63.4 cm³/mol. The number of nitrogens with one attached hydrogen (secondary N) is 1. The molecule has 1 fully saturated rings. The van der Waals surface area contributed by atoms with Gasteiger partial charge in [-0.2, -0.15) is 0 Å². The maximum Gasteiger partial charge on any atom is 0.354 e. The number of imidazole rings is 1. The van der Waals surface area contributed by atoms with Gasteiger partial charge in [-0.25, -0.2) is 9.78 Å². The van der Waals surface area contributed by atoms with E-state index in [1.165, 1.54) is 11.2 Å². The minimum absolute atomic E-state index is 0.106. The molecule has 1 aliphatic heterocycles. The molecule has 102 valence electrons. The van der Waals surface area contributed by atoms with E-state index >= 15 is 0 Å². The molecule has 4 N–H and O–H groups in total. The number of nitrogens with two attached hydrogens (primary N) is 1. The normalized spacial score (nSPS) is 16.3. The quantitative estimate of drug-likeness (QED) is 0.675. The van der Waals surface area contributed by atoms with E-state index in [0.717, 1.165) is 0 Å². The van der Waals surface area contributed by atoms with Crippen molar-refractivity contribution in [1.29, 1.82) is 0 Å². The van der Waals surface area contributed by atoms with Gasteiger partial charge < -0.3 is 20.7 Å².